The van der Waals surface area contributed by atoms with E-state index in [0.717, 1.165) is 4.90 Å². The summed E-state index contributed by atoms with van der Waals surface area (Å²) in [5.74, 6) is -0.987. The van der Waals surface area contributed by atoms with Gasteiger partial charge >= 0.3 is 0 Å². The summed E-state index contributed by atoms with van der Waals surface area (Å²) in [5, 5.41) is 2.66. The van der Waals surface area contributed by atoms with Crippen LogP contribution in [0.15, 0.2) is 0 Å². The Labute approximate surface area is 112 Å². The van der Waals surface area contributed by atoms with Crippen LogP contribution in [0.4, 0.5) is 8.78 Å². The smallest absolute Gasteiger partial charge is 0.255 e. The van der Waals surface area contributed by atoms with E-state index in [0.29, 0.717) is 6.42 Å². The van der Waals surface area contributed by atoms with Crippen LogP contribution in [0.25, 0.3) is 0 Å². The minimum absolute atomic E-state index is 0.116. The molecule has 1 aliphatic heterocycles. The van der Waals surface area contributed by atoms with E-state index in [1.807, 2.05) is 6.92 Å². The summed E-state index contributed by atoms with van der Waals surface area (Å²) in [5.41, 5.74) is 0. The van der Waals surface area contributed by atoms with Crippen molar-refractivity contribution in [3.05, 3.63) is 0 Å². The summed E-state index contributed by atoms with van der Waals surface area (Å²) in [6.07, 6.45) is -1.98. The van der Waals surface area contributed by atoms with Crippen LogP contribution in [-0.4, -0.2) is 41.8 Å². The first-order valence-electron chi connectivity index (χ1n) is 6.68. The summed E-state index contributed by atoms with van der Waals surface area (Å²) >= 11 is 0. The Morgan fingerprint density at radius 3 is 2.26 bits per heavy atom. The highest BCUT2D eigenvalue weighted by molar-refractivity contribution is 5.97. The maximum atomic E-state index is 12.7. The Balaban J connectivity index is 3.03. The summed E-state index contributed by atoms with van der Waals surface area (Å²) < 4.78 is 25.3. The number of hydrogen-bond donors (Lipinski definition) is 1. The first-order chi connectivity index (χ1) is 8.79. The van der Waals surface area contributed by atoms with Gasteiger partial charge in [-0.05, 0) is 11.8 Å². The fraction of sp³-hybridized carbons (Fsp3) is 0.846. The van der Waals surface area contributed by atoms with E-state index in [9.17, 15) is 18.4 Å². The summed E-state index contributed by atoms with van der Waals surface area (Å²) in [6.45, 7) is 6.56. The van der Waals surface area contributed by atoms with Crippen LogP contribution < -0.4 is 5.32 Å². The molecular formula is C13H22F2N2O2. The van der Waals surface area contributed by atoms with Crippen LogP contribution >= 0.6 is 0 Å². The number of nitrogens with one attached hydrogen (secondary N) is 1. The molecule has 1 rings (SSSR count). The van der Waals surface area contributed by atoms with Gasteiger partial charge in [0.2, 0.25) is 11.8 Å². The molecule has 1 heterocycles. The van der Waals surface area contributed by atoms with Gasteiger partial charge in [-0.2, -0.15) is 0 Å². The number of nitrogens with zero attached hydrogens (tertiary/aromatic N) is 1. The second-order valence-corrected chi connectivity index (χ2v) is 5.44. The lowest BCUT2D eigenvalue weighted by Crippen LogP contribution is -2.66. The van der Waals surface area contributed by atoms with Gasteiger partial charge in [-0.25, -0.2) is 8.78 Å². The van der Waals surface area contributed by atoms with Crippen molar-refractivity contribution in [1.29, 1.82) is 0 Å². The summed E-state index contributed by atoms with van der Waals surface area (Å²) in [6, 6.07) is -1.49. The zero-order valence-corrected chi connectivity index (χ0v) is 11.8. The third kappa shape index (κ3) is 3.42. The first kappa shape index (κ1) is 15.9. The van der Waals surface area contributed by atoms with Crippen molar-refractivity contribution in [2.75, 3.05) is 6.54 Å². The maximum absolute atomic E-state index is 12.7. The lowest BCUT2D eigenvalue weighted by molar-refractivity contribution is -0.155. The van der Waals surface area contributed by atoms with Gasteiger partial charge in [-0.15, -0.1) is 0 Å². The Bertz CT molecular complexity index is 348. The van der Waals surface area contributed by atoms with Gasteiger partial charge in [0.15, 0.2) is 0 Å². The number of halogens is 2. The molecule has 0 aromatic rings. The van der Waals surface area contributed by atoms with Crippen molar-refractivity contribution in [2.24, 2.45) is 11.8 Å². The Kier molecular flexibility index (Phi) is 5.26. The van der Waals surface area contributed by atoms with Crippen molar-refractivity contribution in [2.45, 2.75) is 52.6 Å². The highest BCUT2D eigenvalue weighted by Gasteiger charge is 2.44. The molecule has 0 aromatic heterocycles. The van der Waals surface area contributed by atoms with E-state index in [1.54, 1.807) is 20.8 Å². The summed E-state index contributed by atoms with van der Waals surface area (Å²) in [4.78, 5) is 25.4. The lowest BCUT2D eigenvalue weighted by Gasteiger charge is -2.42. The Hall–Kier alpha value is -1.20. The normalized spacial score (nSPS) is 26.0. The van der Waals surface area contributed by atoms with E-state index in [2.05, 4.69) is 5.32 Å². The predicted octanol–water partition coefficient (Wildman–Crippen LogP) is 1.65. The molecule has 3 unspecified atom stereocenters. The SMILES string of the molecule is CCC(C)C1C(=O)NC(C(C)C)C(=O)N1CC(F)F. The molecule has 4 nitrogen and oxygen atoms in total. The maximum Gasteiger partial charge on any atom is 0.255 e. The van der Waals surface area contributed by atoms with Crippen molar-refractivity contribution in [3.63, 3.8) is 0 Å². The van der Waals surface area contributed by atoms with E-state index in [4.69, 9.17) is 0 Å². The molecule has 0 aromatic carbocycles. The average Bonchev–Trinajstić information content (AvgIpc) is 2.31. The molecule has 0 saturated carbocycles. The van der Waals surface area contributed by atoms with Crippen LogP contribution in [0.5, 0.6) is 0 Å². The largest absolute Gasteiger partial charge is 0.342 e. The molecule has 2 amide bonds. The van der Waals surface area contributed by atoms with Gasteiger partial charge in [0, 0.05) is 0 Å². The van der Waals surface area contributed by atoms with E-state index in [1.165, 1.54) is 0 Å². The van der Waals surface area contributed by atoms with E-state index >= 15 is 0 Å². The molecule has 110 valence electrons. The van der Waals surface area contributed by atoms with Gasteiger partial charge in [-0.3, -0.25) is 9.59 Å². The minimum Gasteiger partial charge on any atom is -0.342 e. The zero-order chi connectivity index (χ0) is 14.7. The number of rotatable bonds is 5. The molecule has 1 aliphatic rings. The van der Waals surface area contributed by atoms with Crippen molar-refractivity contribution in [3.8, 4) is 0 Å². The number of amides is 2. The summed E-state index contributed by atoms with van der Waals surface area (Å²) in [7, 11) is 0. The van der Waals surface area contributed by atoms with Crippen LogP contribution in [0, 0.1) is 11.8 Å². The second-order valence-electron chi connectivity index (χ2n) is 5.44. The number of carbonyl (C=O) groups excluding carboxylic acids is 2. The predicted molar refractivity (Wildman–Crippen MR) is 67.7 cm³/mol. The standard InChI is InChI=1S/C13H22F2N2O2/c1-5-8(4)11-12(18)16-10(7(2)3)13(19)17(11)6-9(14)15/h7-11H,5-6H2,1-4H3,(H,16,18). The van der Waals surface area contributed by atoms with E-state index < -0.39 is 31.0 Å². The molecule has 1 fully saturated rings. The Morgan fingerprint density at radius 1 is 1.26 bits per heavy atom. The molecule has 0 spiro atoms. The second kappa shape index (κ2) is 6.30. The van der Waals surface area contributed by atoms with Gasteiger partial charge in [0.1, 0.15) is 12.1 Å². The van der Waals surface area contributed by atoms with E-state index in [-0.39, 0.29) is 17.7 Å². The molecule has 0 bridgehead atoms. The minimum atomic E-state index is -2.63. The van der Waals surface area contributed by atoms with Crippen molar-refractivity contribution < 1.29 is 18.4 Å². The molecule has 0 radical (unpaired) electrons. The van der Waals surface area contributed by atoms with Crippen LogP contribution in [0.2, 0.25) is 0 Å². The third-order valence-corrected chi connectivity index (χ3v) is 3.64. The fourth-order valence-electron chi connectivity index (χ4n) is 2.35. The zero-order valence-electron chi connectivity index (χ0n) is 11.8. The first-order valence-corrected chi connectivity index (χ1v) is 6.68. The van der Waals surface area contributed by atoms with Gasteiger partial charge < -0.3 is 10.2 Å². The van der Waals surface area contributed by atoms with Crippen molar-refractivity contribution in [1.82, 2.24) is 10.2 Å². The molecule has 19 heavy (non-hydrogen) atoms. The number of carbonyl (C=O) groups is 2. The topological polar surface area (TPSA) is 49.4 Å². The number of piperazine rings is 1. The quantitative estimate of drug-likeness (QED) is 0.830. The molecule has 3 atom stereocenters. The highest BCUT2D eigenvalue weighted by atomic mass is 19.3. The van der Waals surface area contributed by atoms with Gasteiger partial charge in [-0.1, -0.05) is 34.1 Å². The lowest BCUT2D eigenvalue weighted by atomic mass is 9.90. The van der Waals surface area contributed by atoms with Gasteiger partial charge in [0.25, 0.3) is 6.43 Å². The fourth-order valence-corrected chi connectivity index (χ4v) is 2.35. The van der Waals surface area contributed by atoms with Crippen molar-refractivity contribution >= 4 is 11.8 Å². The third-order valence-electron chi connectivity index (χ3n) is 3.64. The monoisotopic (exact) mass is 276 g/mol. The molecule has 0 aliphatic carbocycles. The average molecular weight is 276 g/mol. The van der Waals surface area contributed by atoms with Crippen LogP contribution in [0.3, 0.4) is 0 Å². The molecule has 6 heteroatoms. The number of hydrogen-bond acceptors (Lipinski definition) is 2. The Morgan fingerprint density at radius 2 is 1.84 bits per heavy atom. The molecule has 1 saturated heterocycles. The van der Waals surface area contributed by atoms with Crippen LogP contribution in [0.1, 0.15) is 34.1 Å². The number of alkyl halides is 2. The molecule has 1 N–H and O–H groups in total. The molecular weight excluding hydrogens is 254 g/mol. The van der Waals surface area contributed by atoms with Gasteiger partial charge in [0.05, 0.1) is 6.54 Å². The highest BCUT2D eigenvalue weighted by Crippen LogP contribution is 2.23. The van der Waals surface area contributed by atoms with Crippen LogP contribution in [-0.2, 0) is 9.59 Å².